The van der Waals surface area contributed by atoms with Gasteiger partial charge in [-0.3, -0.25) is 0 Å². The van der Waals surface area contributed by atoms with Crippen molar-refractivity contribution in [2.24, 2.45) is 0 Å². The molecule has 2 heterocycles. The van der Waals surface area contributed by atoms with Crippen molar-refractivity contribution < 1.29 is 9.53 Å². The fraction of sp³-hybridized carbons (Fsp3) is 0.227. The first-order chi connectivity index (χ1) is 14.1. The van der Waals surface area contributed by atoms with Crippen LogP contribution in [0.2, 0.25) is 10.0 Å². The molecule has 0 aliphatic carbocycles. The standard InChI is InChI=1S/C22H20Cl2N2O2S/c23-17-7-5-16(6-8-17)21(19-3-1-2-4-20(19)24)28-18-12-26(13-18)22(27)25-11-15-9-10-29-14-15/h1-10,14,18,21H,11-13H2,(H,25,27). The Hall–Kier alpha value is -2.05. The highest BCUT2D eigenvalue weighted by Gasteiger charge is 2.34. The van der Waals surface area contributed by atoms with Gasteiger partial charge < -0.3 is 15.0 Å². The monoisotopic (exact) mass is 446 g/mol. The van der Waals surface area contributed by atoms with Gasteiger partial charge in [-0.25, -0.2) is 4.79 Å². The van der Waals surface area contributed by atoms with Crippen LogP contribution in [0, 0.1) is 0 Å². The van der Waals surface area contributed by atoms with Crippen molar-refractivity contribution >= 4 is 40.6 Å². The van der Waals surface area contributed by atoms with Crippen molar-refractivity contribution in [3.05, 3.63) is 92.1 Å². The third-order valence-corrected chi connectivity index (χ3v) is 6.18. The molecular formula is C22H20Cl2N2O2S. The van der Waals surface area contributed by atoms with E-state index < -0.39 is 0 Å². The average molecular weight is 447 g/mol. The van der Waals surface area contributed by atoms with E-state index in [4.69, 9.17) is 27.9 Å². The maximum atomic E-state index is 12.3. The Labute approximate surface area is 184 Å². The van der Waals surface area contributed by atoms with Crippen LogP contribution in [-0.2, 0) is 11.3 Å². The lowest BCUT2D eigenvalue weighted by Crippen LogP contribution is -2.57. The zero-order valence-electron chi connectivity index (χ0n) is 15.6. The molecule has 1 aliphatic heterocycles. The molecule has 4 rings (SSSR count). The number of benzene rings is 2. The number of nitrogens with one attached hydrogen (secondary N) is 1. The highest BCUT2D eigenvalue weighted by atomic mass is 35.5. The Morgan fingerprint density at radius 1 is 1.14 bits per heavy atom. The molecule has 0 radical (unpaired) electrons. The number of hydrogen-bond acceptors (Lipinski definition) is 3. The van der Waals surface area contributed by atoms with Gasteiger partial charge in [0.05, 0.1) is 19.2 Å². The number of nitrogens with zero attached hydrogens (tertiary/aromatic N) is 1. The number of carbonyl (C=O) groups excluding carboxylic acids is 1. The Morgan fingerprint density at radius 3 is 2.59 bits per heavy atom. The normalized spacial score (nSPS) is 15.0. The van der Waals surface area contributed by atoms with Crippen LogP contribution in [0.15, 0.2) is 65.4 Å². The summed E-state index contributed by atoms with van der Waals surface area (Å²) in [7, 11) is 0. The van der Waals surface area contributed by atoms with E-state index in [1.165, 1.54) is 0 Å². The maximum Gasteiger partial charge on any atom is 0.317 e. The summed E-state index contributed by atoms with van der Waals surface area (Å²) in [5.74, 6) is 0. The minimum Gasteiger partial charge on any atom is -0.362 e. The van der Waals surface area contributed by atoms with E-state index in [-0.39, 0.29) is 18.2 Å². The van der Waals surface area contributed by atoms with E-state index >= 15 is 0 Å². The lowest BCUT2D eigenvalue weighted by Gasteiger charge is -2.40. The summed E-state index contributed by atoms with van der Waals surface area (Å²) in [6.07, 6.45) is -0.374. The fourth-order valence-corrected chi connectivity index (χ4v) is 4.25. The van der Waals surface area contributed by atoms with E-state index in [1.54, 1.807) is 16.2 Å². The predicted molar refractivity (Wildman–Crippen MR) is 118 cm³/mol. The number of rotatable bonds is 6. The first-order valence-electron chi connectivity index (χ1n) is 9.29. The van der Waals surface area contributed by atoms with Gasteiger partial charge in [0.25, 0.3) is 0 Å². The zero-order valence-corrected chi connectivity index (χ0v) is 17.9. The molecule has 0 bridgehead atoms. The molecule has 1 aliphatic rings. The lowest BCUT2D eigenvalue weighted by atomic mass is 10.0. The molecule has 1 atom stereocenters. The SMILES string of the molecule is O=C(NCc1ccsc1)N1CC(OC(c2ccc(Cl)cc2)c2ccccc2Cl)C1. The van der Waals surface area contributed by atoms with Gasteiger partial charge in [0.15, 0.2) is 0 Å². The smallest absolute Gasteiger partial charge is 0.317 e. The molecule has 1 fully saturated rings. The molecule has 0 spiro atoms. The summed E-state index contributed by atoms with van der Waals surface area (Å²) in [6, 6.07) is 17.2. The van der Waals surface area contributed by atoms with Gasteiger partial charge in [0.1, 0.15) is 6.10 Å². The molecule has 1 aromatic heterocycles. The number of carbonyl (C=O) groups is 1. The van der Waals surface area contributed by atoms with Crippen molar-refractivity contribution in [3.8, 4) is 0 Å². The van der Waals surface area contributed by atoms with Crippen LogP contribution in [0.3, 0.4) is 0 Å². The van der Waals surface area contributed by atoms with Crippen LogP contribution in [0.4, 0.5) is 4.79 Å². The minimum absolute atomic E-state index is 0.0566. The van der Waals surface area contributed by atoms with Crippen LogP contribution >= 0.6 is 34.5 Å². The Bertz CT molecular complexity index is 957. The third kappa shape index (κ3) is 4.93. The second-order valence-corrected chi connectivity index (χ2v) is 8.53. The molecule has 2 amide bonds. The second-order valence-electron chi connectivity index (χ2n) is 6.91. The Morgan fingerprint density at radius 2 is 1.90 bits per heavy atom. The summed E-state index contributed by atoms with van der Waals surface area (Å²) in [5.41, 5.74) is 2.98. The fourth-order valence-electron chi connectivity index (χ4n) is 3.22. The van der Waals surface area contributed by atoms with Gasteiger partial charge in [-0.1, -0.05) is 53.5 Å². The third-order valence-electron chi connectivity index (χ3n) is 4.85. The molecule has 150 valence electrons. The van der Waals surface area contributed by atoms with Gasteiger partial charge in [-0.2, -0.15) is 11.3 Å². The topological polar surface area (TPSA) is 41.6 Å². The Balaban J connectivity index is 1.39. The summed E-state index contributed by atoms with van der Waals surface area (Å²) in [6.45, 7) is 1.63. The van der Waals surface area contributed by atoms with Crippen LogP contribution in [-0.4, -0.2) is 30.1 Å². The highest BCUT2D eigenvalue weighted by Crippen LogP contribution is 2.34. The summed E-state index contributed by atoms with van der Waals surface area (Å²) >= 11 is 14.1. The van der Waals surface area contributed by atoms with Crippen molar-refractivity contribution in [1.82, 2.24) is 10.2 Å². The van der Waals surface area contributed by atoms with E-state index in [2.05, 4.69) is 5.32 Å². The van der Waals surface area contributed by atoms with E-state index in [1.807, 2.05) is 65.4 Å². The van der Waals surface area contributed by atoms with Crippen LogP contribution in [0.25, 0.3) is 0 Å². The van der Waals surface area contributed by atoms with Crippen molar-refractivity contribution in [1.29, 1.82) is 0 Å². The molecular weight excluding hydrogens is 427 g/mol. The van der Waals surface area contributed by atoms with Crippen molar-refractivity contribution in [2.45, 2.75) is 18.8 Å². The zero-order chi connectivity index (χ0) is 20.2. The van der Waals surface area contributed by atoms with Gasteiger partial charge in [-0.15, -0.1) is 0 Å². The molecule has 1 saturated heterocycles. The highest BCUT2D eigenvalue weighted by molar-refractivity contribution is 7.07. The maximum absolute atomic E-state index is 12.3. The average Bonchev–Trinajstić information content (AvgIpc) is 3.21. The van der Waals surface area contributed by atoms with Gasteiger partial charge >= 0.3 is 6.03 Å². The number of likely N-dealkylation sites (tertiary alicyclic amines) is 1. The van der Waals surface area contributed by atoms with E-state index in [0.29, 0.717) is 29.7 Å². The van der Waals surface area contributed by atoms with Crippen LogP contribution in [0.5, 0.6) is 0 Å². The number of halogens is 2. The van der Waals surface area contributed by atoms with Gasteiger partial charge in [0, 0.05) is 22.2 Å². The van der Waals surface area contributed by atoms with Crippen molar-refractivity contribution in [2.75, 3.05) is 13.1 Å². The number of ether oxygens (including phenoxy) is 1. The molecule has 1 unspecified atom stereocenters. The largest absolute Gasteiger partial charge is 0.362 e. The van der Waals surface area contributed by atoms with Crippen molar-refractivity contribution in [3.63, 3.8) is 0 Å². The predicted octanol–water partition coefficient (Wildman–Crippen LogP) is 5.75. The number of hydrogen-bond donors (Lipinski definition) is 1. The number of thiophene rings is 1. The minimum atomic E-state index is -0.318. The second kappa shape index (κ2) is 9.18. The number of amides is 2. The Kier molecular flexibility index (Phi) is 6.40. The van der Waals surface area contributed by atoms with Gasteiger partial charge in [-0.05, 0) is 46.2 Å². The molecule has 1 N–H and O–H groups in total. The van der Waals surface area contributed by atoms with E-state index in [9.17, 15) is 4.79 Å². The van der Waals surface area contributed by atoms with Gasteiger partial charge in [0.2, 0.25) is 0 Å². The summed E-state index contributed by atoms with van der Waals surface area (Å²) in [4.78, 5) is 14.1. The molecule has 4 nitrogen and oxygen atoms in total. The quantitative estimate of drug-likeness (QED) is 0.523. The number of urea groups is 1. The summed E-state index contributed by atoms with van der Waals surface area (Å²) in [5, 5.41) is 8.29. The van der Waals surface area contributed by atoms with Crippen LogP contribution < -0.4 is 5.32 Å². The lowest BCUT2D eigenvalue weighted by molar-refractivity contribution is -0.0645. The molecule has 3 aromatic rings. The molecule has 7 heteroatoms. The van der Waals surface area contributed by atoms with E-state index in [0.717, 1.165) is 16.7 Å². The molecule has 29 heavy (non-hydrogen) atoms. The molecule has 0 saturated carbocycles. The first-order valence-corrected chi connectivity index (χ1v) is 11.0. The summed E-state index contributed by atoms with van der Waals surface area (Å²) < 4.78 is 6.36. The molecule has 2 aromatic carbocycles. The van der Waals surface area contributed by atoms with Crippen LogP contribution in [0.1, 0.15) is 22.8 Å². The first kappa shape index (κ1) is 20.2.